The number of piperidine rings is 1. The van der Waals surface area contributed by atoms with Crippen molar-refractivity contribution in [1.29, 1.82) is 0 Å². The maximum Gasteiger partial charge on any atom is 0.254 e. The molecule has 7 heteroatoms. The minimum atomic E-state index is 0. The summed E-state index contributed by atoms with van der Waals surface area (Å²) in [7, 11) is 1.97. The van der Waals surface area contributed by atoms with Crippen molar-refractivity contribution >= 4 is 41.6 Å². The average molecular weight is 422 g/mol. The fourth-order valence-electron chi connectivity index (χ4n) is 3.78. The molecule has 0 spiro atoms. The van der Waals surface area contributed by atoms with E-state index in [-0.39, 0.29) is 30.7 Å². The summed E-state index contributed by atoms with van der Waals surface area (Å²) in [6.07, 6.45) is 3.84. The average Bonchev–Trinajstić information content (AvgIpc) is 3.22. The predicted octanol–water partition coefficient (Wildman–Crippen LogP) is 4.41. The second-order valence-corrected chi connectivity index (χ2v) is 6.87. The molecular formula is C21H25Cl2N3O2. The van der Waals surface area contributed by atoms with Crippen molar-refractivity contribution < 1.29 is 9.21 Å². The monoisotopic (exact) mass is 421 g/mol. The molecule has 1 aromatic carbocycles. The first-order valence-corrected chi connectivity index (χ1v) is 9.14. The van der Waals surface area contributed by atoms with E-state index in [2.05, 4.69) is 10.3 Å². The SMILES string of the molecule is CNCC1CCCN(C(=O)c2cc(-c3ccco3)nc3ccccc23)C1.Cl.Cl. The molecule has 0 radical (unpaired) electrons. The van der Waals surface area contributed by atoms with Gasteiger partial charge in [0.05, 0.1) is 17.3 Å². The van der Waals surface area contributed by atoms with Crippen LogP contribution in [0.25, 0.3) is 22.4 Å². The molecule has 28 heavy (non-hydrogen) atoms. The van der Waals surface area contributed by atoms with Gasteiger partial charge in [0.15, 0.2) is 5.76 Å². The number of halogens is 2. The summed E-state index contributed by atoms with van der Waals surface area (Å²) in [5.41, 5.74) is 2.21. The van der Waals surface area contributed by atoms with Gasteiger partial charge in [0.1, 0.15) is 5.69 Å². The Morgan fingerprint density at radius 1 is 1.25 bits per heavy atom. The number of para-hydroxylation sites is 1. The lowest BCUT2D eigenvalue weighted by Crippen LogP contribution is -2.42. The maximum absolute atomic E-state index is 13.3. The number of nitrogens with zero attached hydrogens (tertiary/aromatic N) is 2. The molecule has 3 heterocycles. The lowest BCUT2D eigenvalue weighted by molar-refractivity contribution is 0.0676. The normalized spacial score (nSPS) is 16.3. The zero-order chi connectivity index (χ0) is 17.9. The topological polar surface area (TPSA) is 58.4 Å². The summed E-state index contributed by atoms with van der Waals surface area (Å²) in [6.45, 7) is 2.55. The van der Waals surface area contributed by atoms with Crippen LogP contribution in [0.3, 0.4) is 0 Å². The van der Waals surface area contributed by atoms with E-state index < -0.39 is 0 Å². The van der Waals surface area contributed by atoms with E-state index >= 15 is 0 Å². The third-order valence-electron chi connectivity index (χ3n) is 5.02. The molecule has 3 aromatic rings. The molecule has 5 nitrogen and oxygen atoms in total. The van der Waals surface area contributed by atoms with E-state index in [0.29, 0.717) is 22.9 Å². The Kier molecular flexibility index (Phi) is 7.87. The molecule has 1 atom stereocenters. The van der Waals surface area contributed by atoms with Gasteiger partial charge >= 0.3 is 0 Å². The summed E-state index contributed by atoms with van der Waals surface area (Å²) in [5, 5.41) is 4.13. The number of rotatable bonds is 4. The maximum atomic E-state index is 13.3. The highest BCUT2D eigenvalue weighted by atomic mass is 35.5. The summed E-state index contributed by atoms with van der Waals surface area (Å²) in [5.74, 6) is 1.27. The molecule has 2 aromatic heterocycles. The zero-order valence-corrected chi connectivity index (χ0v) is 17.4. The van der Waals surface area contributed by atoms with Crippen molar-refractivity contribution in [3.63, 3.8) is 0 Å². The molecule has 1 amide bonds. The third-order valence-corrected chi connectivity index (χ3v) is 5.02. The standard InChI is InChI=1S/C21H23N3O2.2ClH/c1-22-13-15-6-4-10-24(14-15)21(25)17-12-19(20-9-5-11-26-20)23-18-8-3-2-7-16(17)18;;/h2-3,5,7-9,11-12,15,22H,4,6,10,13-14H2,1H3;2*1H. The smallest absolute Gasteiger partial charge is 0.254 e. The van der Waals surface area contributed by atoms with E-state index in [9.17, 15) is 4.79 Å². The fourth-order valence-corrected chi connectivity index (χ4v) is 3.78. The molecular weight excluding hydrogens is 397 g/mol. The van der Waals surface area contributed by atoms with E-state index in [4.69, 9.17) is 4.42 Å². The molecule has 0 saturated carbocycles. The second kappa shape index (κ2) is 9.92. The Hall–Kier alpha value is -2.08. The van der Waals surface area contributed by atoms with Crippen molar-refractivity contribution in [2.45, 2.75) is 12.8 Å². The number of hydrogen-bond donors (Lipinski definition) is 1. The quantitative estimate of drug-likeness (QED) is 0.677. The molecule has 1 unspecified atom stereocenters. The van der Waals surface area contributed by atoms with Crippen LogP contribution >= 0.6 is 24.8 Å². The van der Waals surface area contributed by atoms with Gasteiger partial charge in [-0.2, -0.15) is 0 Å². The number of fused-ring (bicyclic) bond motifs is 1. The Balaban J connectivity index is 0.00000140. The molecule has 1 saturated heterocycles. The van der Waals surface area contributed by atoms with E-state index in [1.54, 1.807) is 6.26 Å². The Bertz CT molecular complexity index is 913. The largest absolute Gasteiger partial charge is 0.463 e. The number of carbonyl (C=O) groups excluding carboxylic acids is 1. The van der Waals surface area contributed by atoms with E-state index in [1.165, 1.54) is 6.42 Å². The van der Waals surface area contributed by atoms with Gasteiger partial charge in [-0.25, -0.2) is 4.98 Å². The highest BCUT2D eigenvalue weighted by Crippen LogP contribution is 2.27. The number of hydrogen-bond acceptors (Lipinski definition) is 4. The second-order valence-electron chi connectivity index (χ2n) is 6.87. The first-order valence-electron chi connectivity index (χ1n) is 9.14. The number of aromatic nitrogens is 1. The summed E-state index contributed by atoms with van der Waals surface area (Å²) in [6, 6.07) is 13.4. The minimum absolute atomic E-state index is 0. The van der Waals surface area contributed by atoms with Crippen LogP contribution in [-0.4, -0.2) is 42.5 Å². The number of amides is 1. The lowest BCUT2D eigenvalue weighted by Gasteiger charge is -2.33. The van der Waals surface area contributed by atoms with Gasteiger partial charge in [-0.1, -0.05) is 18.2 Å². The number of nitrogens with one attached hydrogen (secondary N) is 1. The van der Waals surface area contributed by atoms with Crippen LogP contribution in [-0.2, 0) is 0 Å². The molecule has 150 valence electrons. The van der Waals surface area contributed by atoms with Gasteiger partial charge in [0.25, 0.3) is 5.91 Å². The van der Waals surface area contributed by atoms with Gasteiger partial charge in [-0.3, -0.25) is 4.79 Å². The van der Waals surface area contributed by atoms with Gasteiger partial charge in [-0.05, 0) is 56.6 Å². The molecule has 4 rings (SSSR count). The lowest BCUT2D eigenvalue weighted by atomic mass is 9.96. The van der Waals surface area contributed by atoms with Crippen LogP contribution in [0.15, 0.2) is 53.1 Å². The van der Waals surface area contributed by atoms with Crippen LogP contribution < -0.4 is 5.32 Å². The Morgan fingerprint density at radius 3 is 2.82 bits per heavy atom. The van der Waals surface area contributed by atoms with Gasteiger partial charge in [-0.15, -0.1) is 24.8 Å². The van der Waals surface area contributed by atoms with Crippen molar-refractivity contribution in [3.8, 4) is 11.5 Å². The van der Waals surface area contributed by atoms with Crippen LogP contribution in [0.5, 0.6) is 0 Å². The van der Waals surface area contributed by atoms with Gasteiger partial charge < -0.3 is 14.6 Å². The Labute approximate surface area is 177 Å². The van der Waals surface area contributed by atoms with E-state index in [0.717, 1.165) is 37.0 Å². The summed E-state index contributed by atoms with van der Waals surface area (Å²) in [4.78, 5) is 20.0. The zero-order valence-electron chi connectivity index (χ0n) is 15.8. The van der Waals surface area contributed by atoms with Crippen LogP contribution in [0.2, 0.25) is 0 Å². The van der Waals surface area contributed by atoms with Crippen LogP contribution in [0.4, 0.5) is 0 Å². The first kappa shape index (κ1) is 22.2. The highest BCUT2D eigenvalue weighted by molar-refractivity contribution is 6.07. The molecule has 1 aliphatic heterocycles. The number of pyridine rings is 1. The van der Waals surface area contributed by atoms with Crippen molar-refractivity contribution in [1.82, 2.24) is 15.2 Å². The number of carbonyl (C=O) groups is 1. The summed E-state index contributed by atoms with van der Waals surface area (Å²) >= 11 is 0. The molecule has 0 bridgehead atoms. The number of benzene rings is 1. The van der Waals surface area contributed by atoms with Crippen molar-refractivity contribution in [2.24, 2.45) is 5.92 Å². The van der Waals surface area contributed by atoms with Crippen molar-refractivity contribution in [2.75, 3.05) is 26.7 Å². The third kappa shape index (κ3) is 4.49. The molecule has 1 aliphatic rings. The fraction of sp³-hybridized carbons (Fsp3) is 0.333. The highest BCUT2D eigenvalue weighted by Gasteiger charge is 2.26. The number of likely N-dealkylation sites (tertiary alicyclic amines) is 1. The Morgan fingerprint density at radius 2 is 2.07 bits per heavy atom. The molecule has 0 aliphatic carbocycles. The minimum Gasteiger partial charge on any atom is -0.463 e. The van der Waals surface area contributed by atoms with Crippen LogP contribution in [0, 0.1) is 5.92 Å². The van der Waals surface area contributed by atoms with Gasteiger partial charge in [0, 0.05) is 18.5 Å². The summed E-state index contributed by atoms with van der Waals surface area (Å²) < 4.78 is 5.50. The van der Waals surface area contributed by atoms with Gasteiger partial charge in [0.2, 0.25) is 0 Å². The van der Waals surface area contributed by atoms with Crippen LogP contribution in [0.1, 0.15) is 23.2 Å². The predicted molar refractivity (Wildman–Crippen MR) is 116 cm³/mol. The van der Waals surface area contributed by atoms with Crippen molar-refractivity contribution in [3.05, 3.63) is 54.3 Å². The first-order chi connectivity index (χ1) is 12.8. The molecule has 1 N–H and O–H groups in total. The van der Waals surface area contributed by atoms with E-state index in [1.807, 2.05) is 54.4 Å². The molecule has 1 fully saturated rings. The number of furan rings is 1.